The Balaban J connectivity index is 1.96. The molecule has 0 atom stereocenters. The SMILES string of the molecule is CCNC(=S)NCCN(C)C1CC1. The molecule has 1 rings (SSSR count). The van der Waals surface area contributed by atoms with Gasteiger partial charge in [0.15, 0.2) is 5.11 Å². The Morgan fingerprint density at radius 3 is 2.69 bits per heavy atom. The minimum atomic E-state index is 0.770. The van der Waals surface area contributed by atoms with Gasteiger partial charge in [-0.05, 0) is 39.0 Å². The van der Waals surface area contributed by atoms with Gasteiger partial charge in [-0.2, -0.15) is 0 Å². The fourth-order valence-corrected chi connectivity index (χ4v) is 1.51. The lowest BCUT2D eigenvalue weighted by Gasteiger charge is -2.16. The summed E-state index contributed by atoms with van der Waals surface area (Å²) in [6.07, 6.45) is 2.74. The van der Waals surface area contributed by atoms with Gasteiger partial charge in [-0.1, -0.05) is 0 Å². The zero-order valence-corrected chi connectivity index (χ0v) is 9.28. The van der Waals surface area contributed by atoms with Gasteiger partial charge in [0.2, 0.25) is 0 Å². The Hall–Kier alpha value is -0.350. The molecule has 0 aromatic rings. The maximum absolute atomic E-state index is 5.05. The van der Waals surface area contributed by atoms with Crippen molar-refractivity contribution in [1.29, 1.82) is 0 Å². The zero-order chi connectivity index (χ0) is 9.68. The van der Waals surface area contributed by atoms with Crippen LogP contribution < -0.4 is 10.6 Å². The van der Waals surface area contributed by atoms with Crippen LogP contribution in [0.4, 0.5) is 0 Å². The van der Waals surface area contributed by atoms with Gasteiger partial charge in [0.1, 0.15) is 0 Å². The Morgan fingerprint density at radius 1 is 1.46 bits per heavy atom. The standard InChI is InChI=1S/C9H19N3S/c1-3-10-9(13)11-6-7-12(2)8-4-5-8/h8H,3-7H2,1-2H3,(H2,10,11,13). The number of hydrogen-bond acceptors (Lipinski definition) is 2. The van der Waals surface area contributed by atoms with Crippen molar-refractivity contribution in [3.05, 3.63) is 0 Å². The largest absolute Gasteiger partial charge is 0.363 e. The second kappa shape index (κ2) is 5.40. The van der Waals surface area contributed by atoms with Crippen LogP contribution in [0.3, 0.4) is 0 Å². The number of nitrogens with one attached hydrogen (secondary N) is 2. The zero-order valence-electron chi connectivity index (χ0n) is 8.47. The lowest BCUT2D eigenvalue weighted by Crippen LogP contribution is -2.39. The molecule has 0 aromatic carbocycles. The minimum Gasteiger partial charge on any atom is -0.363 e. The molecule has 0 aromatic heterocycles. The summed E-state index contributed by atoms with van der Waals surface area (Å²) in [5, 5.41) is 7.01. The highest BCUT2D eigenvalue weighted by Gasteiger charge is 2.25. The molecule has 1 aliphatic rings. The molecule has 1 fully saturated rings. The number of thiocarbonyl (C=S) groups is 1. The molecule has 4 heteroatoms. The first-order chi connectivity index (χ1) is 6.24. The molecule has 0 spiro atoms. The molecule has 0 amide bonds. The van der Waals surface area contributed by atoms with Crippen LogP contribution in [0.2, 0.25) is 0 Å². The topological polar surface area (TPSA) is 27.3 Å². The second-order valence-corrected chi connectivity index (χ2v) is 3.91. The Bertz CT molecular complexity index is 168. The van der Waals surface area contributed by atoms with Gasteiger partial charge in [0, 0.05) is 25.7 Å². The van der Waals surface area contributed by atoms with Gasteiger partial charge in [-0.15, -0.1) is 0 Å². The quantitative estimate of drug-likeness (QED) is 0.636. The molecule has 13 heavy (non-hydrogen) atoms. The van der Waals surface area contributed by atoms with Gasteiger partial charge >= 0.3 is 0 Å². The Labute approximate surface area is 85.9 Å². The normalized spacial score (nSPS) is 15.9. The van der Waals surface area contributed by atoms with E-state index in [4.69, 9.17) is 12.2 Å². The van der Waals surface area contributed by atoms with Crippen molar-refractivity contribution in [3.63, 3.8) is 0 Å². The first-order valence-corrected chi connectivity index (χ1v) is 5.36. The molecule has 0 unspecified atom stereocenters. The third-order valence-electron chi connectivity index (χ3n) is 2.26. The van der Waals surface area contributed by atoms with Gasteiger partial charge in [-0.3, -0.25) is 0 Å². The third-order valence-corrected chi connectivity index (χ3v) is 2.55. The molecule has 2 N–H and O–H groups in total. The fourth-order valence-electron chi connectivity index (χ4n) is 1.27. The molecule has 0 bridgehead atoms. The number of hydrogen-bond donors (Lipinski definition) is 2. The third kappa shape index (κ3) is 4.43. The lowest BCUT2D eigenvalue weighted by molar-refractivity contribution is 0.329. The van der Waals surface area contributed by atoms with E-state index in [1.165, 1.54) is 12.8 Å². The van der Waals surface area contributed by atoms with E-state index in [2.05, 4.69) is 22.6 Å². The molecular formula is C9H19N3S. The summed E-state index contributed by atoms with van der Waals surface area (Å²) in [4.78, 5) is 2.39. The molecule has 0 aliphatic heterocycles. The van der Waals surface area contributed by atoms with Crippen LogP contribution in [-0.2, 0) is 0 Å². The summed E-state index contributed by atoms with van der Waals surface area (Å²) in [7, 11) is 2.18. The van der Waals surface area contributed by atoms with Crippen molar-refractivity contribution >= 4 is 17.3 Å². The number of likely N-dealkylation sites (N-methyl/N-ethyl adjacent to an activating group) is 1. The number of nitrogens with zero attached hydrogens (tertiary/aromatic N) is 1. The van der Waals surface area contributed by atoms with Crippen molar-refractivity contribution in [3.8, 4) is 0 Å². The maximum atomic E-state index is 5.05. The van der Waals surface area contributed by atoms with Gasteiger partial charge in [0.25, 0.3) is 0 Å². The molecule has 0 saturated heterocycles. The molecule has 76 valence electrons. The van der Waals surface area contributed by atoms with E-state index in [9.17, 15) is 0 Å². The van der Waals surface area contributed by atoms with E-state index in [-0.39, 0.29) is 0 Å². The smallest absolute Gasteiger partial charge is 0.166 e. The van der Waals surface area contributed by atoms with Gasteiger partial charge < -0.3 is 15.5 Å². The van der Waals surface area contributed by atoms with Gasteiger partial charge in [0.05, 0.1) is 0 Å². The van der Waals surface area contributed by atoms with Crippen molar-refractivity contribution in [2.75, 3.05) is 26.7 Å². The Morgan fingerprint density at radius 2 is 2.15 bits per heavy atom. The van der Waals surface area contributed by atoms with Crippen molar-refractivity contribution < 1.29 is 0 Å². The summed E-state index contributed by atoms with van der Waals surface area (Å²) >= 11 is 5.05. The lowest BCUT2D eigenvalue weighted by atomic mass is 10.5. The van der Waals surface area contributed by atoms with Crippen LogP contribution >= 0.6 is 12.2 Å². The molecule has 0 radical (unpaired) electrons. The van der Waals surface area contributed by atoms with Crippen LogP contribution in [0, 0.1) is 0 Å². The first-order valence-electron chi connectivity index (χ1n) is 4.96. The van der Waals surface area contributed by atoms with E-state index in [1.54, 1.807) is 0 Å². The van der Waals surface area contributed by atoms with Crippen molar-refractivity contribution in [1.82, 2.24) is 15.5 Å². The average Bonchev–Trinajstić information content (AvgIpc) is 2.86. The molecule has 1 aliphatic carbocycles. The molecule has 0 heterocycles. The maximum Gasteiger partial charge on any atom is 0.166 e. The van der Waals surface area contributed by atoms with E-state index in [1.807, 2.05) is 6.92 Å². The molecular weight excluding hydrogens is 182 g/mol. The summed E-state index contributed by atoms with van der Waals surface area (Å²) in [5.74, 6) is 0. The second-order valence-electron chi connectivity index (χ2n) is 3.50. The summed E-state index contributed by atoms with van der Waals surface area (Å²) in [6, 6.07) is 0.842. The highest BCUT2D eigenvalue weighted by atomic mass is 32.1. The van der Waals surface area contributed by atoms with Crippen LogP contribution in [0.15, 0.2) is 0 Å². The Kier molecular flexibility index (Phi) is 4.45. The summed E-state index contributed by atoms with van der Waals surface area (Å²) in [6.45, 7) is 4.96. The van der Waals surface area contributed by atoms with Crippen molar-refractivity contribution in [2.24, 2.45) is 0 Å². The monoisotopic (exact) mass is 201 g/mol. The van der Waals surface area contributed by atoms with Crippen LogP contribution in [0.25, 0.3) is 0 Å². The van der Waals surface area contributed by atoms with E-state index in [0.29, 0.717) is 0 Å². The van der Waals surface area contributed by atoms with E-state index in [0.717, 1.165) is 30.8 Å². The van der Waals surface area contributed by atoms with E-state index < -0.39 is 0 Å². The predicted octanol–water partition coefficient (Wildman–Crippen LogP) is 0.565. The number of rotatable bonds is 5. The highest BCUT2D eigenvalue weighted by Crippen LogP contribution is 2.24. The van der Waals surface area contributed by atoms with Crippen LogP contribution in [0.5, 0.6) is 0 Å². The fraction of sp³-hybridized carbons (Fsp3) is 0.889. The first kappa shape index (κ1) is 10.7. The average molecular weight is 201 g/mol. The minimum absolute atomic E-state index is 0.770. The molecule has 1 saturated carbocycles. The van der Waals surface area contributed by atoms with Crippen LogP contribution in [-0.4, -0.2) is 42.7 Å². The summed E-state index contributed by atoms with van der Waals surface area (Å²) < 4.78 is 0. The van der Waals surface area contributed by atoms with Crippen molar-refractivity contribution in [2.45, 2.75) is 25.8 Å². The van der Waals surface area contributed by atoms with Crippen LogP contribution in [0.1, 0.15) is 19.8 Å². The predicted molar refractivity (Wildman–Crippen MR) is 59.9 cm³/mol. The highest BCUT2D eigenvalue weighted by molar-refractivity contribution is 7.80. The summed E-state index contributed by atoms with van der Waals surface area (Å²) in [5.41, 5.74) is 0. The van der Waals surface area contributed by atoms with Gasteiger partial charge in [-0.25, -0.2) is 0 Å². The van der Waals surface area contributed by atoms with E-state index >= 15 is 0 Å². The molecule has 3 nitrogen and oxygen atoms in total.